The Balaban J connectivity index is 1.27. The number of rotatable bonds is 6. The molecule has 12 nitrogen and oxygen atoms in total. The largest absolute Gasteiger partial charge is 0.444 e. The summed E-state index contributed by atoms with van der Waals surface area (Å²) in [5.74, 6) is -0.935. The van der Waals surface area contributed by atoms with Crippen LogP contribution in [0.2, 0.25) is 0 Å². The third-order valence-corrected chi connectivity index (χ3v) is 10.1. The van der Waals surface area contributed by atoms with E-state index in [9.17, 15) is 10.1 Å². The summed E-state index contributed by atoms with van der Waals surface area (Å²) in [6.07, 6.45) is 2.92. The van der Waals surface area contributed by atoms with Crippen molar-refractivity contribution in [3.8, 4) is 17.3 Å². The van der Waals surface area contributed by atoms with Gasteiger partial charge in [-0.1, -0.05) is 0 Å². The number of hydrogen-bond donors (Lipinski definition) is 1. The van der Waals surface area contributed by atoms with E-state index in [4.69, 9.17) is 19.2 Å². The Kier molecular flexibility index (Phi) is 8.87. The number of likely N-dealkylation sites (N-methyl/N-ethyl adjacent to an activating group) is 1. The lowest BCUT2D eigenvalue weighted by atomic mass is 9.94. The molecule has 7 rings (SSSR count). The van der Waals surface area contributed by atoms with Gasteiger partial charge in [0, 0.05) is 61.3 Å². The number of ether oxygens (including phenoxy) is 3. The van der Waals surface area contributed by atoms with Crippen LogP contribution < -0.4 is 10.2 Å². The fourth-order valence-corrected chi connectivity index (χ4v) is 8.01. The number of pyridine rings is 1. The van der Waals surface area contributed by atoms with Crippen LogP contribution in [0.25, 0.3) is 32.2 Å². The number of nitrogens with zero attached hydrogens (tertiary/aromatic N) is 7. The summed E-state index contributed by atoms with van der Waals surface area (Å²) >= 11 is 0.865. The first kappa shape index (κ1) is 33.4. The van der Waals surface area contributed by atoms with Crippen molar-refractivity contribution in [2.75, 3.05) is 63.6 Å². The normalized spacial score (nSPS) is 19.9. The molecular formula is C34H38F2N8O4S. The molecular weight excluding hydrogens is 654 g/mol. The van der Waals surface area contributed by atoms with E-state index in [0.717, 1.165) is 55.7 Å². The SMILES string of the molecule is CN(C)CC1CN([C@@H]2CCN(c3ncc4c5c(c(-c6ncc(F)c7sc(NC(=O)OC(C)(C)C)c(C#N)c67)c(F)c4n3)COC5)C2)CCO1. The van der Waals surface area contributed by atoms with Crippen LogP contribution in [0.3, 0.4) is 0 Å². The van der Waals surface area contributed by atoms with Crippen LogP contribution in [0.4, 0.5) is 24.5 Å². The average molecular weight is 693 g/mol. The zero-order valence-electron chi connectivity index (χ0n) is 28.1. The Morgan fingerprint density at radius 3 is 2.73 bits per heavy atom. The van der Waals surface area contributed by atoms with Gasteiger partial charge in [-0.05, 0) is 52.4 Å². The van der Waals surface area contributed by atoms with Gasteiger partial charge in [-0.15, -0.1) is 11.3 Å². The van der Waals surface area contributed by atoms with E-state index >= 15 is 8.78 Å². The van der Waals surface area contributed by atoms with Crippen molar-refractivity contribution in [3.63, 3.8) is 0 Å². The first-order valence-electron chi connectivity index (χ1n) is 16.3. The summed E-state index contributed by atoms with van der Waals surface area (Å²) in [6.45, 7) is 10.1. The predicted molar refractivity (Wildman–Crippen MR) is 182 cm³/mol. The molecule has 49 heavy (non-hydrogen) atoms. The van der Waals surface area contributed by atoms with E-state index in [2.05, 4.69) is 36.1 Å². The molecule has 3 aliphatic rings. The number of nitriles is 1. The van der Waals surface area contributed by atoms with Gasteiger partial charge in [0.1, 0.15) is 22.2 Å². The van der Waals surface area contributed by atoms with Crippen LogP contribution in [0, 0.1) is 23.0 Å². The molecule has 0 spiro atoms. The fraction of sp³-hybridized carbons (Fsp3) is 0.500. The zero-order chi connectivity index (χ0) is 34.6. The van der Waals surface area contributed by atoms with Gasteiger partial charge >= 0.3 is 6.09 Å². The van der Waals surface area contributed by atoms with Crippen molar-refractivity contribution in [3.05, 3.63) is 40.7 Å². The summed E-state index contributed by atoms with van der Waals surface area (Å²) in [7, 11) is 4.09. The minimum absolute atomic E-state index is 0.0394. The van der Waals surface area contributed by atoms with E-state index < -0.39 is 23.3 Å². The van der Waals surface area contributed by atoms with Crippen molar-refractivity contribution in [2.24, 2.45) is 0 Å². The van der Waals surface area contributed by atoms with Gasteiger partial charge in [0.2, 0.25) is 5.95 Å². The summed E-state index contributed by atoms with van der Waals surface area (Å²) in [4.78, 5) is 33.1. The quantitative estimate of drug-likeness (QED) is 0.284. The number of benzene rings is 1. The van der Waals surface area contributed by atoms with Crippen LogP contribution in [-0.2, 0) is 27.4 Å². The molecule has 0 aliphatic carbocycles. The highest BCUT2D eigenvalue weighted by Gasteiger charge is 2.35. The van der Waals surface area contributed by atoms with Crippen LogP contribution in [0.1, 0.15) is 43.9 Å². The van der Waals surface area contributed by atoms with Crippen LogP contribution in [0.5, 0.6) is 0 Å². The van der Waals surface area contributed by atoms with Crippen molar-refractivity contribution in [1.29, 1.82) is 5.26 Å². The molecule has 0 radical (unpaired) electrons. The highest BCUT2D eigenvalue weighted by atomic mass is 32.1. The highest BCUT2D eigenvalue weighted by molar-refractivity contribution is 7.23. The summed E-state index contributed by atoms with van der Waals surface area (Å²) in [6, 6.07) is 2.37. The van der Waals surface area contributed by atoms with Gasteiger partial charge in [-0.3, -0.25) is 15.2 Å². The molecule has 258 valence electrons. The standard InChI is InChI=1S/C34H38F2N8O4S/c1-34(2,3)48-33(45)41-31-20(10-37)26-29(38-12-24(35)30(26)49-31)25-23-17-46-16-22(23)21-11-39-32(40-28(21)27(25)36)44-7-6-18(13-44)43-8-9-47-19(15-43)14-42(4)5/h11-12,18-19H,6-9,13-17H2,1-5H3,(H,41,45)/t18-,19?/m1/s1. The Morgan fingerprint density at radius 1 is 1.18 bits per heavy atom. The molecule has 1 N–H and O–H groups in total. The lowest BCUT2D eigenvalue weighted by Gasteiger charge is -2.37. The molecule has 1 unspecified atom stereocenters. The maximum atomic E-state index is 17.0. The second-order valence-electron chi connectivity index (χ2n) is 13.9. The molecule has 0 bridgehead atoms. The number of fused-ring (bicyclic) bond motifs is 4. The van der Waals surface area contributed by atoms with E-state index in [0.29, 0.717) is 36.1 Å². The first-order valence-corrected chi connectivity index (χ1v) is 17.1. The van der Waals surface area contributed by atoms with Crippen LogP contribution in [-0.4, -0.2) is 102 Å². The predicted octanol–water partition coefficient (Wildman–Crippen LogP) is 5.27. The molecule has 1 aromatic carbocycles. The number of anilines is 2. The molecule has 1 amide bonds. The number of nitrogens with one attached hydrogen (secondary N) is 1. The maximum absolute atomic E-state index is 17.0. The van der Waals surface area contributed by atoms with E-state index in [-0.39, 0.29) is 56.7 Å². The summed E-state index contributed by atoms with van der Waals surface area (Å²) < 4.78 is 49.4. The summed E-state index contributed by atoms with van der Waals surface area (Å²) in [5.41, 5.74) is 0.689. The third-order valence-electron chi connectivity index (χ3n) is 9.02. The number of hydrogen-bond acceptors (Lipinski definition) is 12. The second kappa shape index (κ2) is 13.0. The molecule has 2 saturated heterocycles. The number of aromatic nitrogens is 3. The highest BCUT2D eigenvalue weighted by Crippen LogP contribution is 2.46. The second-order valence-corrected chi connectivity index (χ2v) is 14.9. The molecule has 2 fully saturated rings. The number of carbonyl (C=O) groups is 1. The fourth-order valence-electron chi connectivity index (χ4n) is 6.97. The average Bonchev–Trinajstić information content (AvgIpc) is 3.80. The number of carbonyl (C=O) groups excluding carboxylic acids is 1. The van der Waals surface area contributed by atoms with Crippen molar-refractivity contribution in [1.82, 2.24) is 24.8 Å². The molecule has 6 heterocycles. The Bertz CT molecular complexity index is 1990. The van der Waals surface area contributed by atoms with Crippen LogP contribution in [0.15, 0.2) is 12.4 Å². The van der Waals surface area contributed by atoms with Crippen molar-refractivity contribution in [2.45, 2.75) is 58.2 Å². The van der Waals surface area contributed by atoms with E-state index in [1.165, 1.54) is 0 Å². The van der Waals surface area contributed by atoms with Gasteiger partial charge in [-0.25, -0.2) is 23.5 Å². The monoisotopic (exact) mass is 692 g/mol. The number of thiophene rings is 1. The first-order chi connectivity index (χ1) is 23.4. The lowest BCUT2D eigenvalue weighted by Crippen LogP contribution is -2.51. The molecule has 0 saturated carbocycles. The van der Waals surface area contributed by atoms with Gasteiger partial charge in [0.15, 0.2) is 11.6 Å². The third kappa shape index (κ3) is 6.39. The molecule has 3 aliphatic heterocycles. The number of halogens is 2. The van der Waals surface area contributed by atoms with Gasteiger partial charge in [-0.2, -0.15) is 5.26 Å². The lowest BCUT2D eigenvalue weighted by molar-refractivity contribution is -0.0489. The minimum atomic E-state index is -0.799. The van der Waals surface area contributed by atoms with Gasteiger partial charge in [0.05, 0.1) is 48.1 Å². The molecule has 15 heteroatoms. The Labute approximate surface area is 286 Å². The number of amides is 1. The molecule has 3 aromatic heterocycles. The van der Waals surface area contributed by atoms with Gasteiger partial charge < -0.3 is 24.0 Å². The molecule has 2 atom stereocenters. The summed E-state index contributed by atoms with van der Waals surface area (Å²) in [5, 5.41) is 13.5. The Morgan fingerprint density at radius 2 is 1.98 bits per heavy atom. The maximum Gasteiger partial charge on any atom is 0.412 e. The van der Waals surface area contributed by atoms with E-state index in [1.54, 1.807) is 27.0 Å². The van der Waals surface area contributed by atoms with Crippen LogP contribution >= 0.6 is 11.3 Å². The zero-order valence-corrected chi connectivity index (χ0v) is 28.9. The van der Waals surface area contributed by atoms with E-state index in [1.807, 2.05) is 14.1 Å². The number of morpholine rings is 1. The topological polar surface area (TPSA) is 129 Å². The van der Waals surface area contributed by atoms with Gasteiger partial charge in [0.25, 0.3) is 0 Å². The minimum Gasteiger partial charge on any atom is -0.444 e. The molecule has 4 aromatic rings. The van der Waals surface area contributed by atoms with Crippen molar-refractivity contribution >= 4 is 49.4 Å². The van der Waals surface area contributed by atoms with Crippen molar-refractivity contribution < 1.29 is 27.8 Å². The smallest absolute Gasteiger partial charge is 0.412 e. The Hall–Kier alpha value is -4.07.